The number of carbonyl (C=O) groups excluding carboxylic acids is 1. The lowest BCUT2D eigenvalue weighted by atomic mass is 10.0. The standard InChI is InChI=1S/C16H25N3O3S2/c1-23-12-9-15(16(20)19-10-7-13(17)8-11-19)18-24(21,22)14-5-3-2-4-6-14/h2-6,13,15,18H,7-12,17H2,1H3. The summed E-state index contributed by atoms with van der Waals surface area (Å²) in [5, 5.41) is 0. The number of likely N-dealkylation sites (tertiary alicyclic amines) is 1. The summed E-state index contributed by atoms with van der Waals surface area (Å²) in [6, 6.07) is 7.53. The van der Waals surface area contributed by atoms with Crippen molar-refractivity contribution in [2.45, 2.75) is 36.2 Å². The lowest BCUT2D eigenvalue weighted by Crippen LogP contribution is -2.52. The number of nitrogens with two attached hydrogens (primary N) is 1. The van der Waals surface area contributed by atoms with Crippen LogP contribution < -0.4 is 10.5 Å². The van der Waals surface area contributed by atoms with Crippen LogP contribution in [0.5, 0.6) is 0 Å². The second-order valence-electron chi connectivity index (χ2n) is 5.93. The van der Waals surface area contributed by atoms with Crippen molar-refractivity contribution in [1.82, 2.24) is 9.62 Å². The van der Waals surface area contributed by atoms with Crippen LogP contribution in [-0.4, -0.2) is 56.4 Å². The van der Waals surface area contributed by atoms with E-state index in [9.17, 15) is 13.2 Å². The van der Waals surface area contributed by atoms with Crippen molar-refractivity contribution in [3.8, 4) is 0 Å². The van der Waals surface area contributed by atoms with Crippen LogP contribution in [0.2, 0.25) is 0 Å². The molecule has 6 nitrogen and oxygen atoms in total. The summed E-state index contributed by atoms with van der Waals surface area (Å²) < 4.78 is 27.7. The fourth-order valence-electron chi connectivity index (χ4n) is 2.66. The van der Waals surface area contributed by atoms with Crippen LogP contribution >= 0.6 is 11.8 Å². The zero-order valence-electron chi connectivity index (χ0n) is 13.8. The third kappa shape index (κ3) is 5.20. The highest BCUT2D eigenvalue weighted by Gasteiger charge is 2.30. The van der Waals surface area contributed by atoms with Crippen LogP contribution in [0.25, 0.3) is 0 Å². The quantitative estimate of drug-likeness (QED) is 0.747. The molecule has 1 aliphatic heterocycles. The van der Waals surface area contributed by atoms with Gasteiger partial charge < -0.3 is 10.6 Å². The maximum Gasteiger partial charge on any atom is 0.241 e. The molecule has 1 aromatic rings. The average molecular weight is 372 g/mol. The highest BCUT2D eigenvalue weighted by molar-refractivity contribution is 7.98. The molecule has 1 fully saturated rings. The summed E-state index contributed by atoms with van der Waals surface area (Å²) >= 11 is 1.59. The summed E-state index contributed by atoms with van der Waals surface area (Å²) in [6.45, 7) is 1.17. The largest absolute Gasteiger partial charge is 0.341 e. The Balaban J connectivity index is 2.11. The molecule has 1 heterocycles. The number of sulfonamides is 1. The molecule has 1 aromatic carbocycles. The average Bonchev–Trinajstić information content (AvgIpc) is 2.59. The number of nitrogens with zero attached hydrogens (tertiary/aromatic N) is 1. The van der Waals surface area contributed by atoms with E-state index in [4.69, 9.17) is 5.73 Å². The fourth-order valence-corrected chi connectivity index (χ4v) is 4.38. The van der Waals surface area contributed by atoms with Gasteiger partial charge in [0.15, 0.2) is 0 Å². The number of hydrogen-bond donors (Lipinski definition) is 2. The van der Waals surface area contributed by atoms with Crippen LogP contribution in [-0.2, 0) is 14.8 Å². The summed E-state index contributed by atoms with van der Waals surface area (Å²) in [5.41, 5.74) is 5.88. The van der Waals surface area contributed by atoms with Crippen molar-refractivity contribution < 1.29 is 13.2 Å². The first-order chi connectivity index (χ1) is 11.4. The molecular weight excluding hydrogens is 346 g/mol. The second-order valence-corrected chi connectivity index (χ2v) is 8.63. The minimum Gasteiger partial charge on any atom is -0.341 e. The molecule has 0 aromatic heterocycles. The Bertz CT molecular complexity index is 629. The van der Waals surface area contributed by atoms with E-state index < -0.39 is 16.1 Å². The first kappa shape index (κ1) is 19.2. The van der Waals surface area contributed by atoms with E-state index in [0.717, 1.165) is 12.8 Å². The van der Waals surface area contributed by atoms with Gasteiger partial charge in [0.1, 0.15) is 6.04 Å². The van der Waals surface area contributed by atoms with Gasteiger partial charge in [0.05, 0.1) is 4.90 Å². The Morgan fingerprint density at radius 1 is 1.33 bits per heavy atom. The number of piperidine rings is 1. The molecule has 24 heavy (non-hydrogen) atoms. The van der Waals surface area contributed by atoms with Gasteiger partial charge in [0.25, 0.3) is 0 Å². The van der Waals surface area contributed by atoms with E-state index in [1.165, 1.54) is 12.1 Å². The van der Waals surface area contributed by atoms with Crippen molar-refractivity contribution in [2.75, 3.05) is 25.1 Å². The zero-order chi connectivity index (χ0) is 17.6. The molecule has 1 aliphatic rings. The third-order valence-electron chi connectivity index (χ3n) is 4.11. The first-order valence-electron chi connectivity index (χ1n) is 8.04. The Labute approximate surface area is 148 Å². The topological polar surface area (TPSA) is 92.5 Å². The number of hydrogen-bond acceptors (Lipinski definition) is 5. The van der Waals surface area contributed by atoms with Crippen LogP contribution in [0.15, 0.2) is 35.2 Å². The highest BCUT2D eigenvalue weighted by Crippen LogP contribution is 2.15. The highest BCUT2D eigenvalue weighted by atomic mass is 32.2. The lowest BCUT2D eigenvalue weighted by molar-refractivity contribution is -0.134. The van der Waals surface area contributed by atoms with Gasteiger partial charge in [-0.25, -0.2) is 8.42 Å². The van der Waals surface area contributed by atoms with Gasteiger partial charge in [-0.3, -0.25) is 4.79 Å². The van der Waals surface area contributed by atoms with Crippen molar-refractivity contribution in [3.05, 3.63) is 30.3 Å². The number of rotatable bonds is 7. The van der Waals surface area contributed by atoms with E-state index in [1.807, 2.05) is 6.26 Å². The van der Waals surface area contributed by atoms with Gasteiger partial charge in [-0.2, -0.15) is 16.5 Å². The number of nitrogens with one attached hydrogen (secondary N) is 1. The third-order valence-corrected chi connectivity index (χ3v) is 6.24. The van der Waals surface area contributed by atoms with Crippen LogP contribution in [0.4, 0.5) is 0 Å². The smallest absolute Gasteiger partial charge is 0.241 e. The molecule has 1 amide bonds. The number of amides is 1. The van der Waals surface area contributed by atoms with Crippen LogP contribution in [0, 0.1) is 0 Å². The molecule has 1 atom stereocenters. The normalized spacial score (nSPS) is 17.7. The van der Waals surface area contributed by atoms with Gasteiger partial charge in [-0.15, -0.1) is 0 Å². The van der Waals surface area contributed by atoms with Crippen molar-refractivity contribution in [2.24, 2.45) is 5.73 Å². The Morgan fingerprint density at radius 2 is 1.96 bits per heavy atom. The molecule has 1 saturated heterocycles. The predicted octanol–water partition coefficient (Wildman–Crippen LogP) is 1.04. The number of benzene rings is 1. The van der Waals surface area contributed by atoms with E-state index >= 15 is 0 Å². The van der Waals surface area contributed by atoms with Gasteiger partial charge in [0.2, 0.25) is 15.9 Å². The molecule has 8 heteroatoms. The monoisotopic (exact) mass is 371 g/mol. The van der Waals surface area contributed by atoms with Gasteiger partial charge in [-0.1, -0.05) is 18.2 Å². The van der Waals surface area contributed by atoms with E-state index in [-0.39, 0.29) is 16.8 Å². The van der Waals surface area contributed by atoms with Gasteiger partial charge >= 0.3 is 0 Å². The predicted molar refractivity (Wildman–Crippen MR) is 97.3 cm³/mol. The van der Waals surface area contributed by atoms with Gasteiger partial charge in [0, 0.05) is 19.1 Å². The lowest BCUT2D eigenvalue weighted by Gasteiger charge is -2.33. The molecule has 3 N–H and O–H groups in total. The Kier molecular flexibility index (Phi) is 7.09. The SMILES string of the molecule is CSCCC(NS(=O)(=O)c1ccccc1)C(=O)N1CCC(N)CC1. The number of carbonyl (C=O) groups is 1. The summed E-state index contributed by atoms with van der Waals surface area (Å²) in [6.07, 6.45) is 3.92. The van der Waals surface area contributed by atoms with Crippen LogP contribution in [0.1, 0.15) is 19.3 Å². The molecule has 0 bridgehead atoms. The minimum atomic E-state index is -3.72. The summed E-state index contributed by atoms with van der Waals surface area (Å²) in [4.78, 5) is 14.7. The second kappa shape index (κ2) is 8.84. The van der Waals surface area contributed by atoms with Gasteiger partial charge in [-0.05, 0) is 43.4 Å². The molecular formula is C16H25N3O3S2. The molecule has 0 spiro atoms. The molecule has 0 radical (unpaired) electrons. The van der Waals surface area contributed by atoms with E-state index in [0.29, 0.717) is 25.3 Å². The molecule has 1 unspecified atom stereocenters. The fraction of sp³-hybridized carbons (Fsp3) is 0.562. The Morgan fingerprint density at radius 3 is 2.54 bits per heavy atom. The van der Waals surface area contributed by atoms with Crippen LogP contribution in [0.3, 0.4) is 0 Å². The molecule has 0 aliphatic carbocycles. The Hall–Kier alpha value is -1.09. The van der Waals surface area contributed by atoms with Crippen molar-refractivity contribution in [3.63, 3.8) is 0 Å². The number of thioether (sulfide) groups is 1. The zero-order valence-corrected chi connectivity index (χ0v) is 15.5. The summed E-state index contributed by atoms with van der Waals surface area (Å²) in [7, 11) is -3.72. The summed E-state index contributed by atoms with van der Waals surface area (Å²) in [5.74, 6) is 0.552. The first-order valence-corrected chi connectivity index (χ1v) is 10.9. The van der Waals surface area contributed by atoms with E-state index in [1.54, 1.807) is 34.9 Å². The van der Waals surface area contributed by atoms with Crippen molar-refractivity contribution in [1.29, 1.82) is 0 Å². The van der Waals surface area contributed by atoms with Crippen molar-refractivity contribution >= 4 is 27.7 Å². The minimum absolute atomic E-state index is 0.125. The molecule has 2 rings (SSSR count). The maximum absolute atomic E-state index is 12.8. The maximum atomic E-state index is 12.8. The molecule has 0 saturated carbocycles. The van der Waals surface area contributed by atoms with E-state index in [2.05, 4.69) is 4.72 Å². The molecule has 134 valence electrons.